The summed E-state index contributed by atoms with van der Waals surface area (Å²) < 4.78 is 7.21. The van der Waals surface area contributed by atoms with E-state index in [4.69, 9.17) is 16.3 Å². The quantitative estimate of drug-likeness (QED) is 0.549. The first-order valence-electron chi connectivity index (χ1n) is 9.74. The molecule has 0 unspecified atom stereocenters. The van der Waals surface area contributed by atoms with Crippen molar-refractivity contribution in [3.63, 3.8) is 0 Å². The number of halogens is 1. The van der Waals surface area contributed by atoms with Crippen molar-refractivity contribution in [1.29, 1.82) is 0 Å². The van der Waals surface area contributed by atoms with Crippen molar-refractivity contribution in [2.45, 2.75) is 36.4 Å². The molecule has 0 radical (unpaired) electrons. The Morgan fingerprint density at radius 3 is 2.43 bits per heavy atom. The molecule has 0 bridgehead atoms. The van der Waals surface area contributed by atoms with E-state index in [-0.39, 0.29) is 5.91 Å². The van der Waals surface area contributed by atoms with Crippen molar-refractivity contribution >= 4 is 29.3 Å². The van der Waals surface area contributed by atoms with Gasteiger partial charge < -0.3 is 10.1 Å². The lowest BCUT2D eigenvalue weighted by Crippen LogP contribution is -2.49. The third kappa shape index (κ3) is 3.79. The molecule has 30 heavy (non-hydrogen) atoms. The highest BCUT2D eigenvalue weighted by molar-refractivity contribution is 7.98. The van der Waals surface area contributed by atoms with Crippen molar-refractivity contribution in [2.24, 2.45) is 0 Å². The van der Waals surface area contributed by atoms with Gasteiger partial charge in [0.2, 0.25) is 5.91 Å². The molecule has 0 spiro atoms. The number of benzene rings is 2. The number of carbonyl (C=O) groups excluding carboxylic acids is 1. The maximum absolute atomic E-state index is 13.2. The van der Waals surface area contributed by atoms with Gasteiger partial charge in [0.25, 0.3) is 0 Å². The number of thioether (sulfide) groups is 1. The van der Waals surface area contributed by atoms with E-state index in [1.807, 2.05) is 59.4 Å². The molecule has 1 saturated carbocycles. The number of hydrogen-bond acceptors (Lipinski definition) is 5. The number of nitrogens with one attached hydrogen (secondary N) is 1. The normalized spacial score (nSPS) is 14.8. The third-order valence-corrected chi connectivity index (χ3v) is 6.54. The predicted octanol–water partition coefficient (Wildman–Crippen LogP) is 4.39. The number of hydrogen-bond donors (Lipinski definition) is 1. The first kappa shape index (κ1) is 20.8. The summed E-state index contributed by atoms with van der Waals surface area (Å²) in [6.07, 6.45) is 4.66. The van der Waals surface area contributed by atoms with Gasteiger partial charge in [0.15, 0.2) is 11.0 Å². The molecule has 1 aliphatic rings. The second kappa shape index (κ2) is 8.70. The van der Waals surface area contributed by atoms with Gasteiger partial charge in [0, 0.05) is 10.7 Å². The summed E-state index contributed by atoms with van der Waals surface area (Å²) in [6.45, 7) is 0.299. The third-order valence-electron chi connectivity index (χ3n) is 5.66. The van der Waals surface area contributed by atoms with Gasteiger partial charge in [-0.05, 0) is 61.1 Å². The molecule has 1 amide bonds. The fourth-order valence-corrected chi connectivity index (χ4v) is 4.45. The molecule has 2 aromatic carbocycles. The first-order valence-corrected chi connectivity index (χ1v) is 11.3. The summed E-state index contributed by atoms with van der Waals surface area (Å²) >= 11 is 7.53. The van der Waals surface area contributed by atoms with Crippen molar-refractivity contribution in [3.8, 4) is 11.4 Å². The average Bonchev–Trinajstić information content (AvgIpc) is 3.16. The maximum Gasteiger partial charge on any atom is 0.231 e. The standard InChI is InChI=1S/C22H23ClN4O2S/c1-29-18-10-8-17(9-11-18)27-19(25-26-21(27)30-2)14-24-20(28)22(12-3-13-22)15-4-6-16(23)7-5-15/h4-11H,3,12-14H2,1-2H3,(H,24,28). The van der Waals surface area contributed by atoms with Gasteiger partial charge in [-0.15, -0.1) is 10.2 Å². The topological polar surface area (TPSA) is 69.0 Å². The summed E-state index contributed by atoms with van der Waals surface area (Å²) in [4.78, 5) is 13.2. The number of aromatic nitrogens is 3. The summed E-state index contributed by atoms with van der Waals surface area (Å²) in [5.74, 6) is 1.48. The molecule has 156 valence electrons. The van der Waals surface area contributed by atoms with Crippen molar-refractivity contribution in [2.75, 3.05) is 13.4 Å². The van der Waals surface area contributed by atoms with Gasteiger partial charge in [-0.1, -0.05) is 41.9 Å². The van der Waals surface area contributed by atoms with Crippen LogP contribution in [0.1, 0.15) is 30.7 Å². The molecule has 6 nitrogen and oxygen atoms in total. The Morgan fingerprint density at radius 1 is 1.17 bits per heavy atom. The first-order chi connectivity index (χ1) is 14.6. The van der Waals surface area contributed by atoms with Crippen LogP contribution in [0.5, 0.6) is 5.75 Å². The van der Waals surface area contributed by atoms with Crippen molar-refractivity contribution in [3.05, 3.63) is 64.9 Å². The number of amides is 1. The van der Waals surface area contributed by atoms with Gasteiger partial charge in [0.05, 0.1) is 19.1 Å². The highest BCUT2D eigenvalue weighted by Gasteiger charge is 2.45. The molecule has 0 aliphatic heterocycles. The SMILES string of the molecule is COc1ccc(-n2c(CNC(=O)C3(c4ccc(Cl)cc4)CCC3)nnc2SC)cc1. The number of nitrogens with zero attached hydrogens (tertiary/aromatic N) is 3. The average molecular weight is 443 g/mol. The lowest BCUT2D eigenvalue weighted by molar-refractivity contribution is -0.130. The summed E-state index contributed by atoms with van der Waals surface area (Å²) in [5.41, 5.74) is 1.44. The fourth-order valence-electron chi connectivity index (χ4n) is 3.81. The maximum atomic E-state index is 13.2. The monoisotopic (exact) mass is 442 g/mol. The Morgan fingerprint density at radius 2 is 1.87 bits per heavy atom. The molecule has 0 atom stereocenters. The molecule has 0 saturated heterocycles. The van der Waals surface area contributed by atoms with E-state index in [1.165, 1.54) is 11.8 Å². The Balaban J connectivity index is 1.55. The molecule has 8 heteroatoms. The lowest BCUT2D eigenvalue weighted by Gasteiger charge is -2.40. The zero-order valence-corrected chi connectivity index (χ0v) is 18.5. The smallest absolute Gasteiger partial charge is 0.231 e. The summed E-state index contributed by atoms with van der Waals surface area (Å²) in [7, 11) is 1.64. The molecule has 4 rings (SSSR count). The molecule has 1 heterocycles. The van der Waals surface area contributed by atoms with Crippen LogP contribution in [0.15, 0.2) is 53.7 Å². The van der Waals surface area contributed by atoms with Crippen molar-refractivity contribution < 1.29 is 9.53 Å². The number of rotatable bonds is 7. The van der Waals surface area contributed by atoms with Gasteiger partial charge in [0.1, 0.15) is 5.75 Å². The predicted molar refractivity (Wildman–Crippen MR) is 119 cm³/mol. The van der Waals surface area contributed by atoms with E-state index in [0.29, 0.717) is 17.4 Å². The molecule has 1 fully saturated rings. The van der Waals surface area contributed by atoms with E-state index in [1.54, 1.807) is 7.11 Å². The minimum Gasteiger partial charge on any atom is -0.497 e. The van der Waals surface area contributed by atoms with Gasteiger partial charge in [-0.2, -0.15) is 0 Å². The fraction of sp³-hybridized carbons (Fsp3) is 0.318. The Kier molecular flexibility index (Phi) is 6.01. The van der Waals surface area contributed by atoms with E-state index >= 15 is 0 Å². The zero-order chi connectivity index (χ0) is 21.1. The van der Waals surface area contributed by atoms with Crippen LogP contribution in [-0.4, -0.2) is 34.0 Å². The van der Waals surface area contributed by atoms with Gasteiger partial charge in [-0.25, -0.2) is 0 Å². The number of ether oxygens (including phenoxy) is 1. The van der Waals surface area contributed by atoms with Crippen LogP contribution in [0, 0.1) is 0 Å². The second-order valence-electron chi connectivity index (χ2n) is 7.26. The Bertz CT molecular complexity index is 1030. The molecule has 1 aromatic heterocycles. The van der Waals surface area contributed by atoms with E-state index < -0.39 is 5.41 Å². The van der Waals surface area contributed by atoms with Crippen LogP contribution < -0.4 is 10.1 Å². The van der Waals surface area contributed by atoms with E-state index in [9.17, 15) is 4.79 Å². The molecule has 3 aromatic rings. The van der Waals surface area contributed by atoms with Crippen LogP contribution in [0.3, 0.4) is 0 Å². The number of methoxy groups -OCH3 is 1. The van der Waals surface area contributed by atoms with Crippen molar-refractivity contribution in [1.82, 2.24) is 20.1 Å². The minimum atomic E-state index is -0.488. The van der Waals surface area contributed by atoms with Gasteiger partial charge in [-0.3, -0.25) is 9.36 Å². The Labute approximate surface area is 185 Å². The van der Waals surface area contributed by atoms with Crippen LogP contribution in [0.4, 0.5) is 0 Å². The molecule has 1 aliphatic carbocycles. The van der Waals surface area contributed by atoms with Gasteiger partial charge >= 0.3 is 0 Å². The van der Waals surface area contributed by atoms with Crippen LogP contribution >= 0.6 is 23.4 Å². The zero-order valence-electron chi connectivity index (χ0n) is 16.9. The molecule has 1 N–H and O–H groups in total. The lowest BCUT2D eigenvalue weighted by atomic mass is 9.64. The van der Waals surface area contributed by atoms with E-state index in [0.717, 1.165) is 41.4 Å². The Hall–Kier alpha value is -2.51. The second-order valence-corrected chi connectivity index (χ2v) is 8.47. The summed E-state index contributed by atoms with van der Waals surface area (Å²) in [5, 5.41) is 13.1. The van der Waals surface area contributed by atoms with Crippen LogP contribution in [0.2, 0.25) is 5.02 Å². The molecular weight excluding hydrogens is 420 g/mol. The minimum absolute atomic E-state index is 0.0195. The van der Waals surface area contributed by atoms with E-state index in [2.05, 4.69) is 15.5 Å². The summed E-state index contributed by atoms with van der Waals surface area (Å²) in [6, 6.07) is 15.3. The van der Waals surface area contributed by atoms with Crippen LogP contribution in [-0.2, 0) is 16.8 Å². The molecular formula is C22H23ClN4O2S. The number of carbonyl (C=O) groups is 1. The highest BCUT2D eigenvalue weighted by atomic mass is 35.5. The highest BCUT2D eigenvalue weighted by Crippen LogP contribution is 2.44. The van der Waals surface area contributed by atoms with Crippen LogP contribution in [0.25, 0.3) is 5.69 Å². The largest absolute Gasteiger partial charge is 0.497 e.